The van der Waals surface area contributed by atoms with E-state index in [9.17, 15) is 9.59 Å². The molecule has 1 fully saturated rings. The molecule has 0 heterocycles. The van der Waals surface area contributed by atoms with Crippen LogP contribution in [0.2, 0.25) is 0 Å². The Morgan fingerprint density at radius 3 is 1.51 bits per heavy atom. The van der Waals surface area contributed by atoms with E-state index in [-0.39, 0.29) is 5.41 Å². The third kappa shape index (κ3) is 7.16. The maximum absolute atomic E-state index is 13.0. The average Bonchev–Trinajstić information content (AvgIpc) is 3.00. The van der Waals surface area contributed by atoms with E-state index in [1.807, 2.05) is 12.1 Å². The summed E-state index contributed by atoms with van der Waals surface area (Å²) in [6, 6.07) is 30.6. The fourth-order valence-corrected chi connectivity index (χ4v) is 6.18. The van der Waals surface area contributed by atoms with Crippen molar-refractivity contribution in [2.75, 3.05) is 7.11 Å². The summed E-state index contributed by atoms with van der Waals surface area (Å²) in [7, 11) is 1.34. The van der Waals surface area contributed by atoms with Crippen molar-refractivity contribution in [1.82, 2.24) is 0 Å². The van der Waals surface area contributed by atoms with Gasteiger partial charge in [-0.1, -0.05) is 68.7 Å². The molecule has 1 aliphatic carbocycles. The number of ether oxygens (including phenoxy) is 3. The molecule has 0 unspecified atom stereocenters. The fourth-order valence-electron chi connectivity index (χ4n) is 6.18. The molecule has 0 bridgehead atoms. The molecule has 0 aliphatic heterocycles. The lowest BCUT2D eigenvalue weighted by Crippen LogP contribution is -2.31. The van der Waals surface area contributed by atoms with Crippen LogP contribution >= 0.6 is 0 Å². The lowest BCUT2D eigenvalue weighted by atomic mass is 9.64. The highest BCUT2D eigenvalue weighted by Gasteiger charge is 2.36. The number of hydrogen-bond donors (Lipinski definition) is 0. The molecule has 0 saturated heterocycles. The van der Waals surface area contributed by atoms with Crippen LogP contribution in [-0.4, -0.2) is 19.0 Å². The van der Waals surface area contributed by atoms with Crippen molar-refractivity contribution in [3.63, 3.8) is 0 Å². The fraction of sp³-hybridized carbons (Fsp3) is 0.316. The normalized spacial score (nSPS) is 15.9. The lowest BCUT2D eigenvalue weighted by Gasteiger charge is -2.40. The summed E-state index contributed by atoms with van der Waals surface area (Å²) in [6.07, 6.45) is 7.00. The lowest BCUT2D eigenvalue weighted by molar-refractivity contribution is 0.0600. The van der Waals surface area contributed by atoms with Gasteiger partial charge in [-0.3, -0.25) is 0 Å². The van der Waals surface area contributed by atoms with E-state index in [0.29, 0.717) is 33.8 Å². The quantitative estimate of drug-likeness (QED) is 0.162. The molecule has 0 aromatic heterocycles. The van der Waals surface area contributed by atoms with Crippen molar-refractivity contribution < 1.29 is 23.8 Å². The maximum atomic E-state index is 13.0. The van der Waals surface area contributed by atoms with Crippen LogP contribution in [0.1, 0.15) is 89.8 Å². The van der Waals surface area contributed by atoms with Crippen LogP contribution < -0.4 is 9.47 Å². The summed E-state index contributed by atoms with van der Waals surface area (Å²) >= 11 is 0. The Morgan fingerprint density at radius 1 is 0.581 bits per heavy atom. The van der Waals surface area contributed by atoms with E-state index in [2.05, 4.69) is 57.2 Å². The molecule has 4 aromatic carbocycles. The number of benzene rings is 4. The molecule has 1 saturated carbocycles. The minimum absolute atomic E-state index is 0.0534. The van der Waals surface area contributed by atoms with Gasteiger partial charge >= 0.3 is 11.9 Å². The molecule has 5 heteroatoms. The molecule has 4 aromatic rings. The van der Waals surface area contributed by atoms with Gasteiger partial charge in [-0.25, -0.2) is 9.59 Å². The number of aryl methyl sites for hydroxylation is 1. The van der Waals surface area contributed by atoms with E-state index in [1.165, 1.54) is 49.5 Å². The molecule has 1 aliphatic rings. The van der Waals surface area contributed by atoms with Gasteiger partial charge in [0.15, 0.2) is 0 Å². The number of methoxy groups -OCH3 is 1. The van der Waals surface area contributed by atoms with Gasteiger partial charge in [-0.15, -0.1) is 0 Å². The molecule has 0 amide bonds. The van der Waals surface area contributed by atoms with Gasteiger partial charge in [0, 0.05) is 5.41 Å². The number of esters is 2. The van der Waals surface area contributed by atoms with Gasteiger partial charge in [0.2, 0.25) is 0 Å². The molecule has 0 atom stereocenters. The van der Waals surface area contributed by atoms with Crippen LogP contribution in [-0.2, 0) is 10.2 Å². The van der Waals surface area contributed by atoms with Crippen molar-refractivity contribution in [2.24, 2.45) is 5.41 Å². The Labute approximate surface area is 254 Å². The van der Waals surface area contributed by atoms with Crippen molar-refractivity contribution >= 4 is 11.9 Å². The van der Waals surface area contributed by atoms with Crippen LogP contribution in [0, 0.1) is 12.3 Å². The monoisotopic (exact) mass is 576 g/mol. The molecule has 5 rings (SSSR count). The van der Waals surface area contributed by atoms with Crippen molar-refractivity contribution in [1.29, 1.82) is 0 Å². The smallest absolute Gasteiger partial charge is 0.343 e. The van der Waals surface area contributed by atoms with Gasteiger partial charge in [0.1, 0.15) is 17.2 Å². The summed E-state index contributed by atoms with van der Waals surface area (Å²) in [5, 5.41) is 0. The Balaban J connectivity index is 1.27. The van der Waals surface area contributed by atoms with E-state index in [0.717, 1.165) is 12.8 Å². The third-order valence-corrected chi connectivity index (χ3v) is 8.74. The topological polar surface area (TPSA) is 61.8 Å². The van der Waals surface area contributed by atoms with E-state index < -0.39 is 11.9 Å². The summed E-state index contributed by atoms with van der Waals surface area (Å²) in [5.74, 6) is 0.822. The molecule has 0 N–H and O–H groups in total. The van der Waals surface area contributed by atoms with Gasteiger partial charge in [-0.2, -0.15) is 0 Å². The first-order chi connectivity index (χ1) is 20.7. The predicted octanol–water partition coefficient (Wildman–Crippen LogP) is 9.46. The second kappa shape index (κ2) is 12.9. The molecular weight excluding hydrogens is 536 g/mol. The Kier molecular flexibility index (Phi) is 9.00. The number of carbonyl (C=O) groups excluding carboxylic acids is 2. The summed E-state index contributed by atoms with van der Waals surface area (Å²) in [6.45, 7) is 6.91. The van der Waals surface area contributed by atoms with Crippen molar-refractivity contribution in [3.8, 4) is 17.2 Å². The van der Waals surface area contributed by atoms with Crippen LogP contribution in [0.25, 0.3) is 0 Å². The first-order valence-corrected chi connectivity index (χ1v) is 15.0. The molecule has 0 radical (unpaired) electrons. The zero-order chi connectivity index (χ0) is 30.5. The van der Waals surface area contributed by atoms with Gasteiger partial charge in [0.25, 0.3) is 0 Å². The number of hydrogen-bond acceptors (Lipinski definition) is 5. The van der Waals surface area contributed by atoms with Gasteiger partial charge in [0.05, 0.1) is 18.2 Å². The highest BCUT2D eigenvalue weighted by molar-refractivity contribution is 5.91. The summed E-state index contributed by atoms with van der Waals surface area (Å²) in [5.41, 5.74) is 5.11. The minimum Gasteiger partial charge on any atom is -0.465 e. The zero-order valence-electron chi connectivity index (χ0n) is 25.5. The van der Waals surface area contributed by atoms with Gasteiger partial charge in [-0.05, 0) is 110 Å². The number of carbonyl (C=O) groups is 2. The van der Waals surface area contributed by atoms with E-state index in [4.69, 9.17) is 14.2 Å². The summed E-state index contributed by atoms with van der Waals surface area (Å²) < 4.78 is 16.3. The first kappa shape index (κ1) is 30.1. The predicted molar refractivity (Wildman–Crippen MR) is 169 cm³/mol. The second-order valence-corrected chi connectivity index (χ2v) is 12.4. The van der Waals surface area contributed by atoms with Crippen LogP contribution in [0.3, 0.4) is 0 Å². The van der Waals surface area contributed by atoms with E-state index in [1.54, 1.807) is 48.5 Å². The highest BCUT2D eigenvalue weighted by Crippen LogP contribution is 2.46. The van der Waals surface area contributed by atoms with Crippen LogP contribution in [0.15, 0.2) is 97.1 Å². The SMILES string of the molecule is COC(=O)c1ccc(Oc2ccc(C(=O)Oc3ccc(C4(c5ccc(C)cc5)CCCC(C)(C)CCC4)cc3)cc2)cc1. The minimum atomic E-state index is -0.428. The van der Waals surface area contributed by atoms with Crippen LogP contribution in [0.4, 0.5) is 0 Å². The molecule has 0 spiro atoms. The molecule has 222 valence electrons. The van der Waals surface area contributed by atoms with Gasteiger partial charge < -0.3 is 14.2 Å². The van der Waals surface area contributed by atoms with Crippen molar-refractivity contribution in [3.05, 3.63) is 125 Å². The van der Waals surface area contributed by atoms with Crippen molar-refractivity contribution in [2.45, 2.75) is 64.7 Å². The Hall–Kier alpha value is -4.38. The second-order valence-electron chi connectivity index (χ2n) is 12.4. The third-order valence-electron chi connectivity index (χ3n) is 8.74. The zero-order valence-corrected chi connectivity index (χ0v) is 25.5. The average molecular weight is 577 g/mol. The Bertz CT molecular complexity index is 1520. The highest BCUT2D eigenvalue weighted by atomic mass is 16.5. The summed E-state index contributed by atoms with van der Waals surface area (Å²) in [4.78, 5) is 24.6. The van der Waals surface area contributed by atoms with E-state index >= 15 is 0 Å². The largest absolute Gasteiger partial charge is 0.465 e. The first-order valence-electron chi connectivity index (χ1n) is 15.0. The molecule has 43 heavy (non-hydrogen) atoms. The molecule has 5 nitrogen and oxygen atoms in total. The standard InChI is InChI=1S/C38H40O5/c1-27-7-13-30(14-8-27)38(25-5-23-37(2,3)24-6-26-38)31-15-21-34(22-16-31)43-36(40)29-11-19-33(20-12-29)42-32-17-9-28(10-18-32)35(39)41-4/h7-22H,5-6,23-26H2,1-4H3. The van der Waals surface area contributed by atoms with Crippen LogP contribution in [0.5, 0.6) is 17.2 Å². The Morgan fingerprint density at radius 2 is 1.02 bits per heavy atom. The number of rotatable bonds is 7. The molecular formula is C38H40O5. The maximum Gasteiger partial charge on any atom is 0.343 e.